The molecule has 0 spiro atoms. The van der Waals surface area contributed by atoms with E-state index in [9.17, 15) is 9.59 Å². The van der Waals surface area contributed by atoms with Gasteiger partial charge in [-0.3, -0.25) is 14.5 Å². The fraction of sp³-hybridized carbons (Fsp3) is 0.308. The minimum absolute atomic E-state index is 0.0922. The van der Waals surface area contributed by atoms with Crippen LogP contribution < -0.4 is 19.7 Å². The van der Waals surface area contributed by atoms with Crippen LogP contribution in [-0.4, -0.2) is 40.1 Å². The highest BCUT2D eigenvalue weighted by molar-refractivity contribution is 6.01. The second-order valence-corrected chi connectivity index (χ2v) is 8.93. The molecule has 1 aliphatic rings. The maximum absolute atomic E-state index is 13.9. The predicted octanol–water partition coefficient (Wildman–Crippen LogP) is 3.69. The van der Waals surface area contributed by atoms with Crippen LogP contribution in [0.25, 0.3) is 11.0 Å². The third-order valence-corrected chi connectivity index (χ3v) is 5.95. The van der Waals surface area contributed by atoms with Crippen LogP contribution in [-0.2, 0) is 16.1 Å². The first-order valence-electron chi connectivity index (χ1n) is 11.8. The number of ether oxygens (including phenoxy) is 2. The van der Waals surface area contributed by atoms with E-state index in [4.69, 9.17) is 13.9 Å². The van der Waals surface area contributed by atoms with Crippen molar-refractivity contribution in [3.8, 4) is 11.5 Å². The molecule has 2 aromatic heterocycles. The van der Waals surface area contributed by atoms with E-state index in [1.54, 1.807) is 30.3 Å². The summed E-state index contributed by atoms with van der Waals surface area (Å²) in [5.41, 5.74) is 1.86. The standard InChI is InChI=1S/C26H27N5O5/c1-17(2)11-12-27-26(33)25(22-8-5-13-34-22)31(18-9-10-21-23(14-18)36-16-35-21)24(32)15-30-20-7-4-3-6-19(20)28-29-30/h3-10,13-14,17,25H,11-12,15-16H2,1-2H3,(H,27,33)/t25-/m0/s1. The molecule has 2 amide bonds. The summed E-state index contributed by atoms with van der Waals surface area (Å²) in [6.45, 7) is 4.60. The van der Waals surface area contributed by atoms with Crippen LogP contribution >= 0.6 is 0 Å². The third kappa shape index (κ3) is 4.74. The Kier molecular flexibility index (Phi) is 6.57. The number of benzene rings is 2. The van der Waals surface area contributed by atoms with Crippen LogP contribution in [0.4, 0.5) is 5.69 Å². The largest absolute Gasteiger partial charge is 0.467 e. The van der Waals surface area contributed by atoms with Crippen LogP contribution in [0.2, 0.25) is 0 Å². The van der Waals surface area contributed by atoms with Gasteiger partial charge in [0.05, 0.1) is 11.8 Å². The molecule has 10 heteroatoms. The van der Waals surface area contributed by atoms with Crippen LogP contribution in [0, 0.1) is 5.92 Å². The van der Waals surface area contributed by atoms with E-state index in [2.05, 4.69) is 29.5 Å². The first-order chi connectivity index (χ1) is 17.5. The van der Waals surface area contributed by atoms with Crippen molar-refractivity contribution in [1.29, 1.82) is 0 Å². The molecule has 0 aliphatic carbocycles. The van der Waals surface area contributed by atoms with Gasteiger partial charge in [0.15, 0.2) is 17.5 Å². The van der Waals surface area contributed by atoms with Crippen molar-refractivity contribution in [3.05, 3.63) is 66.6 Å². The Hall–Kier alpha value is -4.34. The SMILES string of the molecule is CC(C)CCNC(=O)[C@H](c1ccco1)N(C(=O)Cn1nnc2ccccc21)c1ccc2c(c1)OCO2. The number of amides is 2. The Bertz CT molecular complexity index is 1360. The number of rotatable bonds is 9. The molecule has 0 bridgehead atoms. The van der Waals surface area contributed by atoms with E-state index in [1.165, 1.54) is 15.8 Å². The molecule has 186 valence electrons. The van der Waals surface area contributed by atoms with Gasteiger partial charge in [-0.25, -0.2) is 4.68 Å². The first-order valence-corrected chi connectivity index (χ1v) is 11.8. The molecule has 1 atom stereocenters. The number of furan rings is 1. The fourth-order valence-corrected chi connectivity index (χ4v) is 4.11. The molecule has 36 heavy (non-hydrogen) atoms. The summed E-state index contributed by atoms with van der Waals surface area (Å²) < 4.78 is 18.2. The zero-order valence-electron chi connectivity index (χ0n) is 20.1. The van der Waals surface area contributed by atoms with Gasteiger partial charge in [0.25, 0.3) is 5.91 Å². The van der Waals surface area contributed by atoms with E-state index in [0.717, 1.165) is 6.42 Å². The minimum atomic E-state index is -1.05. The van der Waals surface area contributed by atoms with Gasteiger partial charge >= 0.3 is 0 Å². The Balaban J connectivity index is 1.53. The lowest BCUT2D eigenvalue weighted by Crippen LogP contribution is -2.45. The van der Waals surface area contributed by atoms with Gasteiger partial charge in [-0.15, -0.1) is 5.10 Å². The average Bonchev–Trinajstić information content (AvgIpc) is 3.63. The number of hydrogen-bond acceptors (Lipinski definition) is 7. The Morgan fingerprint density at radius 2 is 1.92 bits per heavy atom. The van der Waals surface area contributed by atoms with Crippen molar-refractivity contribution >= 4 is 28.5 Å². The molecule has 2 aromatic carbocycles. The highest BCUT2D eigenvalue weighted by Gasteiger charge is 2.36. The maximum Gasteiger partial charge on any atom is 0.251 e. The van der Waals surface area contributed by atoms with Gasteiger partial charge < -0.3 is 19.2 Å². The van der Waals surface area contributed by atoms with Crippen molar-refractivity contribution in [2.24, 2.45) is 5.92 Å². The zero-order chi connectivity index (χ0) is 25.1. The number of anilines is 1. The monoisotopic (exact) mass is 489 g/mol. The third-order valence-electron chi connectivity index (χ3n) is 5.95. The second kappa shape index (κ2) is 10.1. The second-order valence-electron chi connectivity index (χ2n) is 8.93. The maximum atomic E-state index is 13.9. The van der Waals surface area contributed by atoms with Crippen molar-refractivity contribution in [2.45, 2.75) is 32.9 Å². The molecule has 1 N–H and O–H groups in total. The molecular formula is C26H27N5O5. The number of aromatic nitrogens is 3. The van der Waals surface area contributed by atoms with Gasteiger partial charge in [0, 0.05) is 18.3 Å². The lowest BCUT2D eigenvalue weighted by molar-refractivity contribution is -0.127. The van der Waals surface area contributed by atoms with E-state index in [1.807, 2.05) is 24.3 Å². The molecule has 1 aliphatic heterocycles. The summed E-state index contributed by atoms with van der Waals surface area (Å²) in [6.07, 6.45) is 2.29. The van der Waals surface area contributed by atoms with Crippen LogP contribution in [0.3, 0.4) is 0 Å². The fourth-order valence-electron chi connectivity index (χ4n) is 4.11. The van der Waals surface area contributed by atoms with Gasteiger partial charge in [-0.05, 0) is 48.7 Å². The zero-order valence-corrected chi connectivity index (χ0v) is 20.1. The van der Waals surface area contributed by atoms with Crippen molar-refractivity contribution in [1.82, 2.24) is 20.3 Å². The molecule has 0 saturated heterocycles. The minimum Gasteiger partial charge on any atom is -0.467 e. The Morgan fingerprint density at radius 3 is 2.72 bits per heavy atom. The molecule has 0 unspecified atom stereocenters. The van der Waals surface area contributed by atoms with Crippen molar-refractivity contribution in [3.63, 3.8) is 0 Å². The van der Waals surface area contributed by atoms with Gasteiger partial charge in [-0.1, -0.05) is 31.2 Å². The van der Waals surface area contributed by atoms with Gasteiger partial charge in [0.1, 0.15) is 17.8 Å². The number of nitrogens with zero attached hydrogens (tertiary/aromatic N) is 4. The van der Waals surface area contributed by atoms with Crippen LogP contribution in [0.5, 0.6) is 11.5 Å². The summed E-state index contributed by atoms with van der Waals surface area (Å²) in [5, 5.41) is 11.3. The van der Waals surface area contributed by atoms with E-state index in [-0.39, 0.29) is 25.2 Å². The van der Waals surface area contributed by atoms with Crippen LogP contribution in [0.15, 0.2) is 65.3 Å². The molecule has 0 saturated carbocycles. The molecule has 5 rings (SSSR count). The van der Waals surface area contributed by atoms with E-state index in [0.29, 0.717) is 46.4 Å². The van der Waals surface area contributed by atoms with Gasteiger partial charge in [-0.2, -0.15) is 0 Å². The highest BCUT2D eigenvalue weighted by atomic mass is 16.7. The highest BCUT2D eigenvalue weighted by Crippen LogP contribution is 2.38. The molecule has 3 heterocycles. The van der Waals surface area contributed by atoms with Crippen LogP contribution in [0.1, 0.15) is 32.1 Å². The van der Waals surface area contributed by atoms with Crippen molar-refractivity contribution < 1.29 is 23.5 Å². The topological polar surface area (TPSA) is 112 Å². The Morgan fingerprint density at radius 1 is 1.08 bits per heavy atom. The number of fused-ring (bicyclic) bond motifs is 2. The first kappa shape index (κ1) is 23.4. The van der Waals surface area contributed by atoms with E-state index >= 15 is 0 Å². The number of hydrogen-bond donors (Lipinski definition) is 1. The molecule has 10 nitrogen and oxygen atoms in total. The predicted molar refractivity (Wildman–Crippen MR) is 131 cm³/mol. The number of nitrogens with one attached hydrogen (secondary N) is 1. The summed E-state index contributed by atoms with van der Waals surface area (Å²) >= 11 is 0. The average molecular weight is 490 g/mol. The summed E-state index contributed by atoms with van der Waals surface area (Å²) in [5.74, 6) is 1.11. The lowest BCUT2D eigenvalue weighted by Gasteiger charge is -2.30. The lowest BCUT2D eigenvalue weighted by atomic mass is 10.1. The molecule has 4 aromatic rings. The normalized spacial score (nSPS) is 13.2. The quantitative estimate of drug-likeness (QED) is 0.382. The Labute approximate surface area is 207 Å². The number of carbonyl (C=O) groups excluding carboxylic acids is 2. The number of para-hydroxylation sites is 1. The van der Waals surface area contributed by atoms with Gasteiger partial charge in [0.2, 0.25) is 12.7 Å². The summed E-state index contributed by atoms with van der Waals surface area (Å²) in [7, 11) is 0. The molecule has 0 radical (unpaired) electrons. The molecule has 0 fully saturated rings. The van der Waals surface area contributed by atoms with E-state index < -0.39 is 6.04 Å². The number of carbonyl (C=O) groups is 2. The summed E-state index contributed by atoms with van der Waals surface area (Å²) in [6, 6.07) is 14.9. The smallest absolute Gasteiger partial charge is 0.251 e. The summed E-state index contributed by atoms with van der Waals surface area (Å²) in [4.78, 5) is 28.9. The molecular weight excluding hydrogens is 462 g/mol. The van der Waals surface area contributed by atoms with Crippen molar-refractivity contribution in [2.75, 3.05) is 18.2 Å².